The van der Waals surface area contributed by atoms with E-state index in [2.05, 4.69) is 0 Å². The minimum Gasteiger partial charge on any atom is -0.480 e. The first-order chi connectivity index (χ1) is 10.3. The van der Waals surface area contributed by atoms with E-state index in [1.54, 1.807) is 6.92 Å². The number of benzene rings is 1. The van der Waals surface area contributed by atoms with Crippen molar-refractivity contribution in [3.63, 3.8) is 0 Å². The molecule has 2 atom stereocenters. The lowest BCUT2D eigenvalue weighted by molar-refractivity contribution is -0.384. The third kappa shape index (κ3) is 2.85. The Morgan fingerprint density at radius 1 is 1.45 bits per heavy atom. The van der Waals surface area contributed by atoms with Gasteiger partial charge in [0, 0.05) is 24.4 Å². The van der Waals surface area contributed by atoms with E-state index in [9.17, 15) is 24.8 Å². The topological polar surface area (TPSA) is 127 Å². The van der Waals surface area contributed by atoms with Crippen molar-refractivity contribution < 1.29 is 19.6 Å². The number of likely N-dealkylation sites (tertiary alicyclic amines) is 1. The highest BCUT2D eigenvalue weighted by molar-refractivity contribution is 6.01. The second kappa shape index (κ2) is 6.00. The molecule has 2 rings (SSSR count). The van der Waals surface area contributed by atoms with Crippen LogP contribution in [0.15, 0.2) is 18.2 Å². The third-order valence-electron chi connectivity index (χ3n) is 3.93. The minimum absolute atomic E-state index is 0.0328. The first-order valence-electron chi connectivity index (χ1n) is 6.90. The molecule has 1 heterocycles. The van der Waals surface area contributed by atoms with E-state index >= 15 is 0 Å². The molecule has 8 heteroatoms. The Hall–Kier alpha value is -2.64. The van der Waals surface area contributed by atoms with E-state index in [0.717, 1.165) is 6.07 Å². The Morgan fingerprint density at radius 3 is 2.73 bits per heavy atom. The van der Waals surface area contributed by atoms with E-state index in [0.29, 0.717) is 19.4 Å². The van der Waals surface area contributed by atoms with Crippen LogP contribution >= 0.6 is 0 Å². The van der Waals surface area contributed by atoms with Gasteiger partial charge in [-0.05, 0) is 24.8 Å². The Morgan fingerprint density at radius 2 is 2.14 bits per heavy atom. The number of nitrogens with two attached hydrogens (primary N) is 1. The number of non-ortho nitro benzene ring substituents is 1. The number of aliphatic carboxylic acids is 1. The SMILES string of the molecule is CC1CCCN(C(=O)c2cc([N+](=O)[O-])ccc2N)C1C(=O)O. The second-order valence-corrected chi connectivity index (χ2v) is 5.43. The molecule has 1 amide bonds. The minimum atomic E-state index is -1.08. The molecular formula is C14H17N3O5. The Bertz CT molecular complexity index is 631. The molecule has 22 heavy (non-hydrogen) atoms. The van der Waals surface area contributed by atoms with Crippen LogP contribution in [0, 0.1) is 16.0 Å². The van der Waals surface area contributed by atoms with Crippen molar-refractivity contribution in [2.45, 2.75) is 25.8 Å². The zero-order valence-corrected chi connectivity index (χ0v) is 12.1. The van der Waals surface area contributed by atoms with Crippen molar-refractivity contribution in [2.75, 3.05) is 12.3 Å². The van der Waals surface area contributed by atoms with Crippen LogP contribution in [0.25, 0.3) is 0 Å². The highest BCUT2D eigenvalue weighted by Crippen LogP contribution is 2.28. The number of hydrogen-bond donors (Lipinski definition) is 2. The van der Waals surface area contributed by atoms with Crippen LogP contribution in [0.5, 0.6) is 0 Å². The fraction of sp³-hybridized carbons (Fsp3) is 0.429. The first kappa shape index (κ1) is 15.7. The van der Waals surface area contributed by atoms with Crippen molar-refractivity contribution in [3.8, 4) is 0 Å². The van der Waals surface area contributed by atoms with E-state index < -0.39 is 22.8 Å². The van der Waals surface area contributed by atoms with Crippen LogP contribution < -0.4 is 5.73 Å². The summed E-state index contributed by atoms with van der Waals surface area (Å²) in [6.07, 6.45) is 1.40. The lowest BCUT2D eigenvalue weighted by atomic mass is 9.90. The van der Waals surface area contributed by atoms with Crippen molar-refractivity contribution in [3.05, 3.63) is 33.9 Å². The molecule has 0 radical (unpaired) electrons. The van der Waals surface area contributed by atoms with Gasteiger partial charge < -0.3 is 15.7 Å². The molecule has 1 aromatic rings. The molecule has 0 spiro atoms. The van der Waals surface area contributed by atoms with E-state index in [1.165, 1.54) is 17.0 Å². The lowest BCUT2D eigenvalue weighted by Crippen LogP contribution is -2.52. The van der Waals surface area contributed by atoms with Crippen molar-refractivity contribution in [2.24, 2.45) is 5.92 Å². The van der Waals surface area contributed by atoms with Crippen LogP contribution in [-0.2, 0) is 4.79 Å². The van der Waals surface area contributed by atoms with E-state index in [1.807, 2.05) is 0 Å². The Labute approximate surface area is 126 Å². The van der Waals surface area contributed by atoms with Gasteiger partial charge in [-0.1, -0.05) is 6.92 Å². The van der Waals surface area contributed by atoms with Gasteiger partial charge in [-0.3, -0.25) is 14.9 Å². The second-order valence-electron chi connectivity index (χ2n) is 5.43. The standard InChI is InChI=1S/C14H17N3O5/c1-8-3-2-6-16(12(8)14(19)20)13(18)10-7-9(17(21)22)4-5-11(10)15/h4-5,7-8,12H,2-3,6,15H2,1H3,(H,19,20). The maximum atomic E-state index is 12.6. The van der Waals surface area contributed by atoms with Gasteiger partial charge in [0.2, 0.25) is 0 Å². The molecule has 118 valence electrons. The number of anilines is 1. The maximum absolute atomic E-state index is 12.6. The Balaban J connectivity index is 2.39. The van der Waals surface area contributed by atoms with Gasteiger partial charge in [-0.15, -0.1) is 0 Å². The number of nitro benzene ring substituents is 1. The zero-order chi connectivity index (χ0) is 16.4. The quantitative estimate of drug-likeness (QED) is 0.495. The fourth-order valence-corrected chi connectivity index (χ4v) is 2.79. The molecule has 2 unspecified atom stereocenters. The van der Waals surface area contributed by atoms with E-state index in [4.69, 9.17) is 5.73 Å². The number of piperidine rings is 1. The van der Waals surface area contributed by atoms with Crippen LogP contribution in [0.4, 0.5) is 11.4 Å². The van der Waals surface area contributed by atoms with Crippen molar-refractivity contribution in [1.82, 2.24) is 4.90 Å². The first-order valence-corrected chi connectivity index (χ1v) is 6.90. The molecule has 0 bridgehead atoms. The summed E-state index contributed by atoms with van der Waals surface area (Å²) in [6, 6.07) is 2.64. The molecule has 1 saturated heterocycles. The van der Waals surface area contributed by atoms with Gasteiger partial charge >= 0.3 is 5.97 Å². The summed E-state index contributed by atoms with van der Waals surface area (Å²) in [5, 5.41) is 20.2. The number of carbonyl (C=O) groups excluding carboxylic acids is 1. The number of rotatable bonds is 3. The van der Waals surface area contributed by atoms with E-state index in [-0.39, 0.29) is 22.9 Å². The maximum Gasteiger partial charge on any atom is 0.326 e. The average molecular weight is 307 g/mol. The van der Waals surface area contributed by atoms with Crippen molar-refractivity contribution in [1.29, 1.82) is 0 Å². The highest BCUT2D eigenvalue weighted by atomic mass is 16.6. The number of carboxylic acids is 1. The number of nitro groups is 1. The molecule has 1 aliphatic rings. The molecule has 1 aliphatic heterocycles. The van der Waals surface area contributed by atoms with Crippen LogP contribution in [0.3, 0.4) is 0 Å². The average Bonchev–Trinajstić information content (AvgIpc) is 2.46. The molecule has 0 saturated carbocycles. The molecule has 1 aromatic carbocycles. The normalized spacial score (nSPS) is 21.4. The van der Waals surface area contributed by atoms with Gasteiger partial charge in [0.15, 0.2) is 0 Å². The van der Waals surface area contributed by atoms with Crippen molar-refractivity contribution >= 4 is 23.3 Å². The molecule has 8 nitrogen and oxygen atoms in total. The van der Waals surface area contributed by atoms with Gasteiger partial charge in [0.05, 0.1) is 10.5 Å². The number of amides is 1. The summed E-state index contributed by atoms with van der Waals surface area (Å²) in [5.41, 5.74) is 5.54. The molecular weight excluding hydrogens is 290 g/mol. The van der Waals surface area contributed by atoms with Crippen LogP contribution in [0.2, 0.25) is 0 Å². The van der Waals surface area contributed by atoms with Gasteiger partial charge in [0.1, 0.15) is 6.04 Å². The zero-order valence-electron chi connectivity index (χ0n) is 12.1. The molecule has 0 aliphatic carbocycles. The predicted molar refractivity (Wildman–Crippen MR) is 78.4 cm³/mol. The van der Waals surface area contributed by atoms with Crippen LogP contribution in [-0.4, -0.2) is 39.4 Å². The fourth-order valence-electron chi connectivity index (χ4n) is 2.79. The molecule has 3 N–H and O–H groups in total. The summed E-state index contributed by atoms with van der Waals surface area (Å²) in [4.78, 5) is 35.5. The predicted octanol–water partition coefficient (Wildman–Crippen LogP) is 1.50. The monoisotopic (exact) mass is 307 g/mol. The lowest BCUT2D eigenvalue weighted by Gasteiger charge is -2.37. The summed E-state index contributed by atoms with van der Waals surface area (Å²) in [6.45, 7) is 2.07. The third-order valence-corrected chi connectivity index (χ3v) is 3.93. The number of nitrogen functional groups attached to an aromatic ring is 1. The molecule has 1 fully saturated rings. The number of hydrogen-bond acceptors (Lipinski definition) is 5. The molecule has 0 aromatic heterocycles. The largest absolute Gasteiger partial charge is 0.480 e. The number of nitrogens with zero attached hydrogens (tertiary/aromatic N) is 2. The number of carboxylic acid groups (broad SMARTS) is 1. The Kier molecular flexibility index (Phi) is 4.30. The highest BCUT2D eigenvalue weighted by Gasteiger charge is 2.38. The van der Waals surface area contributed by atoms with Crippen LogP contribution in [0.1, 0.15) is 30.1 Å². The summed E-state index contributed by atoms with van der Waals surface area (Å²) >= 11 is 0. The number of carbonyl (C=O) groups is 2. The van der Waals surface area contributed by atoms with Gasteiger partial charge in [-0.2, -0.15) is 0 Å². The summed E-state index contributed by atoms with van der Waals surface area (Å²) in [7, 11) is 0. The summed E-state index contributed by atoms with van der Waals surface area (Å²) in [5.74, 6) is -1.85. The van der Waals surface area contributed by atoms with Gasteiger partial charge in [-0.25, -0.2) is 4.79 Å². The summed E-state index contributed by atoms with van der Waals surface area (Å²) < 4.78 is 0. The smallest absolute Gasteiger partial charge is 0.326 e. The van der Waals surface area contributed by atoms with Gasteiger partial charge in [0.25, 0.3) is 11.6 Å².